The minimum absolute atomic E-state index is 0.0122. The Kier molecular flexibility index (Phi) is 10.6. The third-order valence-corrected chi connectivity index (χ3v) is 7.47. The summed E-state index contributed by atoms with van der Waals surface area (Å²) in [6, 6.07) is 23.8. The van der Waals surface area contributed by atoms with E-state index in [-0.39, 0.29) is 28.0 Å². The van der Waals surface area contributed by atoms with Gasteiger partial charge in [-0.2, -0.15) is 13.5 Å². The van der Waals surface area contributed by atoms with Crippen LogP contribution in [0.2, 0.25) is 5.02 Å². The van der Waals surface area contributed by atoms with Gasteiger partial charge in [0, 0.05) is 5.56 Å². The minimum atomic E-state index is -4.17. The lowest BCUT2D eigenvalue weighted by Gasteiger charge is -2.14. The fourth-order valence-electron chi connectivity index (χ4n) is 3.87. The van der Waals surface area contributed by atoms with E-state index in [4.69, 9.17) is 30.0 Å². The van der Waals surface area contributed by atoms with Gasteiger partial charge in [0.2, 0.25) is 5.75 Å². The van der Waals surface area contributed by atoms with E-state index in [0.717, 1.165) is 11.1 Å². The van der Waals surface area contributed by atoms with Gasteiger partial charge >= 0.3 is 10.1 Å². The molecule has 0 bridgehead atoms. The highest BCUT2D eigenvalue weighted by molar-refractivity contribution is 7.87. The molecule has 4 rings (SSSR count). The normalized spacial score (nSPS) is 11.3. The van der Waals surface area contributed by atoms with E-state index in [2.05, 4.69) is 10.5 Å². The summed E-state index contributed by atoms with van der Waals surface area (Å²) in [5.74, 6) is 0.413. The summed E-state index contributed by atoms with van der Waals surface area (Å²) >= 11 is 6.41. The second-order valence-electron chi connectivity index (χ2n) is 9.18. The van der Waals surface area contributed by atoms with E-state index in [0.29, 0.717) is 35.8 Å². The van der Waals surface area contributed by atoms with Gasteiger partial charge in [-0.25, -0.2) is 5.43 Å². The van der Waals surface area contributed by atoms with Gasteiger partial charge < -0.3 is 18.4 Å². The number of aryl methyl sites for hydroxylation is 1. The second-order valence-corrected chi connectivity index (χ2v) is 11.1. The lowest BCUT2D eigenvalue weighted by atomic mass is 10.2. The molecule has 11 heteroatoms. The molecular weight excluding hydrogens is 592 g/mol. The van der Waals surface area contributed by atoms with Gasteiger partial charge in [0.25, 0.3) is 5.91 Å². The number of halogens is 1. The predicted molar refractivity (Wildman–Crippen MR) is 165 cm³/mol. The van der Waals surface area contributed by atoms with Crippen molar-refractivity contribution in [1.82, 2.24) is 5.43 Å². The Labute approximate surface area is 256 Å². The number of hydrazone groups is 1. The first kappa shape index (κ1) is 31.4. The number of hydrogen-bond donors (Lipinski definition) is 1. The molecule has 0 aliphatic rings. The first-order valence-corrected chi connectivity index (χ1v) is 15.2. The highest BCUT2D eigenvalue weighted by atomic mass is 35.5. The summed E-state index contributed by atoms with van der Waals surface area (Å²) in [6.45, 7) is 6.39. The van der Waals surface area contributed by atoms with Crippen molar-refractivity contribution >= 4 is 33.8 Å². The molecular formula is C32H31ClN2O7S. The average molecular weight is 623 g/mol. The van der Waals surface area contributed by atoms with Crippen LogP contribution >= 0.6 is 11.6 Å². The van der Waals surface area contributed by atoms with E-state index in [9.17, 15) is 13.2 Å². The number of nitrogens with one attached hydrogen (secondary N) is 1. The first-order chi connectivity index (χ1) is 20.7. The molecule has 4 aromatic rings. The molecule has 0 saturated heterocycles. The zero-order chi connectivity index (χ0) is 30.8. The van der Waals surface area contributed by atoms with Crippen molar-refractivity contribution in [3.8, 4) is 23.0 Å². The molecule has 0 heterocycles. The van der Waals surface area contributed by atoms with Gasteiger partial charge in [-0.3, -0.25) is 4.79 Å². The van der Waals surface area contributed by atoms with Crippen LogP contribution in [0, 0.1) is 6.92 Å². The van der Waals surface area contributed by atoms with Crippen molar-refractivity contribution in [3.05, 3.63) is 112 Å². The lowest BCUT2D eigenvalue weighted by Crippen LogP contribution is -2.18. The van der Waals surface area contributed by atoms with E-state index < -0.39 is 16.0 Å². The smallest absolute Gasteiger partial charge is 0.339 e. The average Bonchev–Trinajstić information content (AvgIpc) is 2.99. The Morgan fingerprint density at radius 2 is 1.56 bits per heavy atom. The van der Waals surface area contributed by atoms with Crippen LogP contribution in [0.3, 0.4) is 0 Å². The number of hydrogen-bond acceptors (Lipinski definition) is 8. The minimum Gasteiger partial charge on any atom is -0.490 e. The number of carbonyl (C=O) groups is 1. The predicted octanol–water partition coefficient (Wildman–Crippen LogP) is 6.56. The summed E-state index contributed by atoms with van der Waals surface area (Å²) in [5, 5.41) is 4.01. The zero-order valence-electron chi connectivity index (χ0n) is 23.9. The summed E-state index contributed by atoms with van der Waals surface area (Å²) in [4.78, 5) is 12.8. The molecule has 0 radical (unpaired) electrons. The lowest BCUT2D eigenvalue weighted by molar-refractivity contribution is 0.0954. The number of ether oxygens (including phenoxy) is 3. The van der Waals surface area contributed by atoms with E-state index in [1.165, 1.54) is 30.5 Å². The van der Waals surface area contributed by atoms with Gasteiger partial charge in [-0.15, -0.1) is 0 Å². The van der Waals surface area contributed by atoms with Crippen molar-refractivity contribution in [2.75, 3.05) is 13.2 Å². The highest BCUT2D eigenvalue weighted by Gasteiger charge is 2.22. The quantitative estimate of drug-likeness (QED) is 0.102. The van der Waals surface area contributed by atoms with Crippen LogP contribution in [0.5, 0.6) is 23.0 Å². The second kappa shape index (κ2) is 14.6. The van der Waals surface area contributed by atoms with Gasteiger partial charge in [-0.05, 0) is 74.4 Å². The van der Waals surface area contributed by atoms with Crippen LogP contribution in [0.4, 0.5) is 0 Å². The first-order valence-electron chi connectivity index (χ1n) is 13.4. The molecule has 1 N–H and O–H groups in total. The van der Waals surface area contributed by atoms with Crippen molar-refractivity contribution in [2.45, 2.75) is 32.3 Å². The standard InChI is InChI=1S/C32H31ClN2O7S/c1-4-39-29-19-25(13-16-28(29)41-21-23-9-7-6-8-10-23)32(36)35-34-20-24-17-27(33)31(30(18-24)40-5-2)42-43(37,38)26-14-11-22(3)12-15-26/h6-20H,4-5,21H2,1-3H3,(H,35,36)/b34-20+. The van der Waals surface area contributed by atoms with Crippen molar-refractivity contribution in [1.29, 1.82) is 0 Å². The van der Waals surface area contributed by atoms with Crippen LogP contribution in [0.1, 0.15) is 40.9 Å². The van der Waals surface area contributed by atoms with E-state index in [1.54, 1.807) is 37.3 Å². The molecule has 0 saturated carbocycles. The van der Waals surface area contributed by atoms with Crippen LogP contribution in [0.15, 0.2) is 94.9 Å². The van der Waals surface area contributed by atoms with Crippen molar-refractivity contribution < 1.29 is 31.6 Å². The SMILES string of the molecule is CCOc1cc(C(=O)N/N=C/c2cc(Cl)c(OS(=O)(=O)c3ccc(C)cc3)c(OCC)c2)ccc1OCc1ccccc1. The molecule has 0 atom stereocenters. The Hall–Kier alpha value is -4.54. The third kappa shape index (κ3) is 8.50. The van der Waals surface area contributed by atoms with Crippen LogP contribution < -0.4 is 23.8 Å². The molecule has 0 aliphatic heterocycles. The number of rotatable bonds is 13. The monoisotopic (exact) mass is 622 g/mol. The molecule has 0 aromatic heterocycles. The fraction of sp³-hybridized carbons (Fsp3) is 0.188. The van der Waals surface area contributed by atoms with Crippen LogP contribution in [-0.2, 0) is 16.7 Å². The van der Waals surface area contributed by atoms with Gasteiger partial charge in [0.05, 0.1) is 24.5 Å². The Morgan fingerprint density at radius 1 is 0.860 bits per heavy atom. The maximum Gasteiger partial charge on any atom is 0.339 e. The van der Waals surface area contributed by atoms with Crippen molar-refractivity contribution in [3.63, 3.8) is 0 Å². The molecule has 224 valence electrons. The zero-order valence-corrected chi connectivity index (χ0v) is 25.4. The molecule has 0 aliphatic carbocycles. The Morgan fingerprint density at radius 3 is 2.26 bits per heavy atom. The Bertz CT molecular complexity index is 1690. The molecule has 1 amide bonds. The summed E-state index contributed by atoms with van der Waals surface area (Å²) in [7, 11) is -4.17. The van der Waals surface area contributed by atoms with Gasteiger partial charge in [-0.1, -0.05) is 59.6 Å². The van der Waals surface area contributed by atoms with E-state index >= 15 is 0 Å². The van der Waals surface area contributed by atoms with Gasteiger partial charge in [0.15, 0.2) is 17.2 Å². The number of nitrogens with zero attached hydrogens (tertiary/aromatic N) is 1. The Balaban J connectivity index is 1.47. The summed E-state index contributed by atoms with van der Waals surface area (Å²) in [5.41, 5.74) is 5.12. The molecule has 43 heavy (non-hydrogen) atoms. The number of carbonyl (C=O) groups excluding carboxylic acids is 1. The van der Waals surface area contributed by atoms with Crippen LogP contribution in [0.25, 0.3) is 0 Å². The molecule has 4 aromatic carbocycles. The maximum atomic E-state index is 12.8. The summed E-state index contributed by atoms with van der Waals surface area (Å²) in [6.07, 6.45) is 1.35. The molecule has 0 fully saturated rings. The third-order valence-electron chi connectivity index (χ3n) is 5.96. The summed E-state index contributed by atoms with van der Waals surface area (Å²) < 4.78 is 48.3. The number of amides is 1. The van der Waals surface area contributed by atoms with Crippen molar-refractivity contribution in [2.24, 2.45) is 5.10 Å². The van der Waals surface area contributed by atoms with Crippen LogP contribution in [-0.4, -0.2) is 33.8 Å². The van der Waals surface area contributed by atoms with E-state index in [1.807, 2.05) is 44.2 Å². The maximum absolute atomic E-state index is 12.8. The molecule has 0 spiro atoms. The largest absolute Gasteiger partial charge is 0.490 e. The molecule has 0 unspecified atom stereocenters. The van der Waals surface area contributed by atoms with Gasteiger partial charge in [0.1, 0.15) is 11.5 Å². The fourth-order valence-corrected chi connectivity index (χ4v) is 5.13. The topological polar surface area (TPSA) is 113 Å². The number of benzene rings is 4. The molecule has 9 nitrogen and oxygen atoms in total. The highest BCUT2D eigenvalue weighted by Crippen LogP contribution is 2.38.